The van der Waals surface area contributed by atoms with Crippen LogP contribution in [0.15, 0.2) is 91.0 Å². The molecule has 0 N–H and O–H groups in total. The number of non-ortho nitro benzene ring substituents is 1. The number of hydrogen-bond acceptors (Lipinski definition) is 4. The Morgan fingerprint density at radius 1 is 0.588 bits per heavy atom. The fourth-order valence-electron chi connectivity index (χ4n) is 7.96. The molecule has 5 aromatic carbocycles. The van der Waals surface area contributed by atoms with Gasteiger partial charge in [0.15, 0.2) is 0 Å². The first-order valence-electron chi connectivity index (χ1n) is 18.5. The van der Waals surface area contributed by atoms with Crippen LogP contribution in [0.4, 0.5) is 5.69 Å². The number of nitrogens with zero attached hydrogens (tertiary/aromatic N) is 3. The molecular weight excluding hydrogens is 635 g/mol. The molecule has 7 rings (SSSR count). The molecule has 0 fully saturated rings. The number of aryl methyl sites for hydroxylation is 2. The Labute approximate surface area is 299 Å². The molecule has 0 saturated heterocycles. The summed E-state index contributed by atoms with van der Waals surface area (Å²) in [5.41, 5.74) is 8.98. The van der Waals surface area contributed by atoms with Crippen molar-refractivity contribution in [3.63, 3.8) is 0 Å². The zero-order valence-corrected chi connectivity index (χ0v) is 30.2. The molecule has 0 spiro atoms. The third kappa shape index (κ3) is 6.19. The van der Waals surface area contributed by atoms with Gasteiger partial charge in [-0.25, -0.2) is 0 Å². The van der Waals surface area contributed by atoms with E-state index in [0.29, 0.717) is 0 Å². The normalized spacial score (nSPS) is 11.7. The zero-order valence-electron chi connectivity index (χ0n) is 30.2. The second-order valence-corrected chi connectivity index (χ2v) is 13.6. The fourth-order valence-corrected chi connectivity index (χ4v) is 7.96. The minimum Gasteiger partial charge on any atom is -0.497 e. The van der Waals surface area contributed by atoms with Crippen molar-refractivity contribution >= 4 is 49.3 Å². The summed E-state index contributed by atoms with van der Waals surface area (Å²) in [6.45, 7) is 6.16. The number of unbranched alkanes of at least 4 members (excludes halogenated alkanes) is 6. The lowest BCUT2D eigenvalue weighted by molar-refractivity contribution is -0.384. The molecule has 0 amide bonds. The second kappa shape index (κ2) is 14.9. The number of nitro groups is 1. The number of para-hydroxylation sites is 1. The lowest BCUT2D eigenvalue weighted by Gasteiger charge is -2.18. The van der Waals surface area contributed by atoms with Crippen molar-refractivity contribution in [1.82, 2.24) is 9.13 Å². The van der Waals surface area contributed by atoms with Crippen LogP contribution in [0.3, 0.4) is 0 Å². The van der Waals surface area contributed by atoms with Crippen LogP contribution in [0.1, 0.15) is 65.2 Å². The highest BCUT2D eigenvalue weighted by Crippen LogP contribution is 2.51. The number of methoxy groups -OCH3 is 2. The minimum absolute atomic E-state index is 0.0967. The van der Waals surface area contributed by atoms with E-state index in [2.05, 4.69) is 71.5 Å². The van der Waals surface area contributed by atoms with E-state index in [1.165, 1.54) is 35.6 Å². The predicted molar refractivity (Wildman–Crippen MR) is 211 cm³/mol. The maximum absolute atomic E-state index is 12.3. The molecule has 0 aliphatic carbocycles. The van der Waals surface area contributed by atoms with Crippen molar-refractivity contribution in [3.05, 3.63) is 101 Å². The lowest BCUT2D eigenvalue weighted by atomic mass is 9.89. The highest BCUT2D eigenvalue weighted by Gasteiger charge is 2.28. The Morgan fingerprint density at radius 2 is 1.08 bits per heavy atom. The number of nitro benzene ring substituents is 1. The smallest absolute Gasteiger partial charge is 0.270 e. The molecule has 262 valence electrons. The standard InChI is InChI=1S/C44H47N3O4/c1-5-7-9-13-27-45-37-16-12-11-15-35(37)41-39(30-17-22-33(50-3)23-18-30)44-42(40(43(41)45)31-19-24-34(51-4)25-20-31)36-29-32(47(48)49)21-26-38(36)46(44)28-14-10-8-6-2/h11-12,15-26,29H,5-10,13-14,27-28H2,1-4H3. The molecule has 0 bridgehead atoms. The van der Waals surface area contributed by atoms with Crippen LogP contribution in [0.5, 0.6) is 11.5 Å². The van der Waals surface area contributed by atoms with Crippen LogP contribution in [-0.4, -0.2) is 28.3 Å². The summed E-state index contributed by atoms with van der Waals surface area (Å²) >= 11 is 0. The van der Waals surface area contributed by atoms with Gasteiger partial charge in [-0.15, -0.1) is 0 Å². The molecule has 7 aromatic rings. The second-order valence-electron chi connectivity index (χ2n) is 13.6. The van der Waals surface area contributed by atoms with E-state index < -0.39 is 0 Å². The number of fused-ring (bicyclic) bond motifs is 6. The molecule has 51 heavy (non-hydrogen) atoms. The van der Waals surface area contributed by atoms with Gasteiger partial charge in [0.1, 0.15) is 11.5 Å². The molecule has 0 atom stereocenters. The molecular formula is C44H47N3O4. The van der Waals surface area contributed by atoms with E-state index in [1.54, 1.807) is 26.4 Å². The summed E-state index contributed by atoms with van der Waals surface area (Å²) in [5.74, 6) is 1.59. The van der Waals surface area contributed by atoms with Gasteiger partial charge in [0.2, 0.25) is 0 Å². The lowest BCUT2D eigenvalue weighted by Crippen LogP contribution is -2.02. The highest BCUT2D eigenvalue weighted by molar-refractivity contribution is 6.32. The van der Waals surface area contributed by atoms with Crippen LogP contribution in [-0.2, 0) is 13.1 Å². The van der Waals surface area contributed by atoms with E-state index in [1.807, 2.05) is 30.3 Å². The van der Waals surface area contributed by atoms with Gasteiger partial charge < -0.3 is 18.6 Å². The minimum atomic E-state index is -0.273. The highest BCUT2D eigenvalue weighted by atomic mass is 16.6. The van der Waals surface area contributed by atoms with E-state index >= 15 is 0 Å². The number of benzene rings is 5. The summed E-state index contributed by atoms with van der Waals surface area (Å²) in [5, 5.41) is 16.7. The summed E-state index contributed by atoms with van der Waals surface area (Å²) in [6, 6.07) is 30.9. The molecule has 0 saturated carbocycles. The Bertz CT molecular complexity index is 2330. The third-order valence-corrected chi connectivity index (χ3v) is 10.4. The van der Waals surface area contributed by atoms with Crippen molar-refractivity contribution in [2.24, 2.45) is 0 Å². The van der Waals surface area contributed by atoms with Crippen LogP contribution in [0.25, 0.3) is 65.9 Å². The van der Waals surface area contributed by atoms with Gasteiger partial charge in [0.05, 0.1) is 30.2 Å². The van der Waals surface area contributed by atoms with Gasteiger partial charge in [0.25, 0.3) is 5.69 Å². The quantitative estimate of drug-likeness (QED) is 0.0613. The van der Waals surface area contributed by atoms with Gasteiger partial charge >= 0.3 is 0 Å². The molecule has 0 unspecified atom stereocenters. The number of ether oxygens (including phenoxy) is 2. The Balaban J connectivity index is 1.73. The molecule has 7 heteroatoms. The van der Waals surface area contributed by atoms with Crippen LogP contribution in [0.2, 0.25) is 0 Å². The first-order chi connectivity index (χ1) is 25.0. The molecule has 0 aliphatic heterocycles. The van der Waals surface area contributed by atoms with Gasteiger partial charge in [-0.05, 0) is 60.4 Å². The van der Waals surface area contributed by atoms with Crippen molar-refractivity contribution in [2.75, 3.05) is 14.2 Å². The molecule has 0 aliphatic rings. The fraction of sp³-hybridized carbons (Fsp3) is 0.318. The van der Waals surface area contributed by atoms with E-state index in [-0.39, 0.29) is 10.6 Å². The molecule has 2 aromatic heterocycles. The van der Waals surface area contributed by atoms with Crippen molar-refractivity contribution in [1.29, 1.82) is 0 Å². The summed E-state index contributed by atoms with van der Waals surface area (Å²) in [4.78, 5) is 12.1. The van der Waals surface area contributed by atoms with Crippen molar-refractivity contribution in [2.45, 2.75) is 78.3 Å². The van der Waals surface area contributed by atoms with Gasteiger partial charge in [-0.2, -0.15) is 0 Å². The summed E-state index contributed by atoms with van der Waals surface area (Å²) in [7, 11) is 3.39. The predicted octanol–water partition coefficient (Wildman–Crippen LogP) is 12.3. The topological polar surface area (TPSA) is 71.5 Å². The summed E-state index contributed by atoms with van der Waals surface area (Å²) < 4.78 is 16.2. The largest absolute Gasteiger partial charge is 0.497 e. The SMILES string of the molecule is CCCCCCn1c2ccccc2c2c(-c3ccc(OC)cc3)c3c(c(-c4ccc(OC)cc4)c21)c1cc([N+](=O)[O-])ccc1n3CCCCCC. The Kier molecular flexibility index (Phi) is 9.98. The van der Waals surface area contributed by atoms with E-state index in [0.717, 1.165) is 106 Å². The van der Waals surface area contributed by atoms with E-state index in [9.17, 15) is 10.1 Å². The third-order valence-electron chi connectivity index (χ3n) is 10.4. The number of aromatic nitrogens is 2. The maximum Gasteiger partial charge on any atom is 0.270 e. The van der Waals surface area contributed by atoms with Crippen LogP contribution < -0.4 is 9.47 Å². The van der Waals surface area contributed by atoms with Crippen molar-refractivity contribution < 1.29 is 14.4 Å². The van der Waals surface area contributed by atoms with Crippen LogP contribution >= 0.6 is 0 Å². The molecule has 2 heterocycles. The molecule has 0 radical (unpaired) electrons. The van der Waals surface area contributed by atoms with Gasteiger partial charge in [0, 0.05) is 68.9 Å². The molecule has 7 nitrogen and oxygen atoms in total. The van der Waals surface area contributed by atoms with Crippen LogP contribution in [0, 0.1) is 10.1 Å². The van der Waals surface area contributed by atoms with E-state index in [4.69, 9.17) is 9.47 Å². The Morgan fingerprint density at radius 3 is 1.57 bits per heavy atom. The monoisotopic (exact) mass is 681 g/mol. The number of rotatable bonds is 15. The summed E-state index contributed by atoms with van der Waals surface area (Å²) in [6.07, 6.45) is 9.02. The average molecular weight is 682 g/mol. The van der Waals surface area contributed by atoms with Gasteiger partial charge in [-0.1, -0.05) is 94.8 Å². The maximum atomic E-state index is 12.3. The average Bonchev–Trinajstić information content (AvgIpc) is 3.66. The van der Waals surface area contributed by atoms with Gasteiger partial charge in [-0.3, -0.25) is 10.1 Å². The first kappa shape index (κ1) is 34.2. The number of hydrogen-bond donors (Lipinski definition) is 0. The Hall–Kier alpha value is -5.30. The van der Waals surface area contributed by atoms with Crippen molar-refractivity contribution in [3.8, 4) is 33.8 Å². The zero-order chi connectivity index (χ0) is 35.5. The first-order valence-corrected chi connectivity index (χ1v) is 18.5.